The van der Waals surface area contributed by atoms with E-state index in [0.29, 0.717) is 21.9 Å². The average Bonchev–Trinajstić information content (AvgIpc) is 2.45. The van der Waals surface area contributed by atoms with E-state index in [-0.39, 0.29) is 11.3 Å². The van der Waals surface area contributed by atoms with E-state index in [9.17, 15) is 9.18 Å². The lowest BCUT2D eigenvalue weighted by molar-refractivity contribution is 0.102. The van der Waals surface area contributed by atoms with E-state index in [2.05, 4.69) is 31.5 Å². The summed E-state index contributed by atoms with van der Waals surface area (Å²) in [5.74, 6) is -0.512. The maximum absolute atomic E-state index is 13.7. The van der Waals surface area contributed by atoms with Gasteiger partial charge in [0.15, 0.2) is 0 Å². The molecule has 1 amide bonds. The number of carbonyl (C=O) groups is 1. The summed E-state index contributed by atoms with van der Waals surface area (Å²) in [6.45, 7) is 2.58. The van der Waals surface area contributed by atoms with E-state index in [1.165, 1.54) is 18.3 Å². The minimum Gasteiger partial charge on any atom is -0.369 e. The number of anilines is 2. The molecule has 0 saturated carbocycles. The monoisotopic (exact) mass is 371 g/mol. The first-order chi connectivity index (χ1) is 10.0. The number of hydrogen-bond donors (Lipinski definition) is 2. The van der Waals surface area contributed by atoms with E-state index in [1.807, 2.05) is 6.92 Å². The van der Waals surface area contributed by atoms with Gasteiger partial charge in [-0.3, -0.25) is 4.79 Å². The highest BCUT2D eigenvalue weighted by molar-refractivity contribution is 9.10. The molecule has 7 heteroatoms. The van der Waals surface area contributed by atoms with Crippen LogP contribution in [0.25, 0.3) is 0 Å². The number of rotatable bonds is 4. The van der Waals surface area contributed by atoms with Crippen molar-refractivity contribution in [3.8, 4) is 0 Å². The molecule has 0 bridgehead atoms. The minimum atomic E-state index is -0.527. The van der Waals surface area contributed by atoms with Gasteiger partial charge in [0.25, 0.3) is 5.91 Å². The fraction of sp³-hybridized carbons (Fsp3) is 0.143. The summed E-state index contributed by atoms with van der Waals surface area (Å²) < 4.78 is 14.1. The Kier molecular flexibility index (Phi) is 5.14. The molecule has 0 spiro atoms. The summed E-state index contributed by atoms with van der Waals surface area (Å²) in [4.78, 5) is 16.2. The van der Waals surface area contributed by atoms with Crippen LogP contribution in [0.15, 0.2) is 34.9 Å². The van der Waals surface area contributed by atoms with Gasteiger partial charge in [-0.2, -0.15) is 0 Å². The van der Waals surface area contributed by atoms with Crippen LogP contribution in [0.2, 0.25) is 5.02 Å². The van der Waals surface area contributed by atoms with Crippen LogP contribution < -0.4 is 10.6 Å². The Hall–Kier alpha value is -1.66. The van der Waals surface area contributed by atoms with Crippen molar-refractivity contribution in [3.63, 3.8) is 0 Å². The van der Waals surface area contributed by atoms with Crippen molar-refractivity contribution < 1.29 is 9.18 Å². The second-order valence-electron chi connectivity index (χ2n) is 4.14. The van der Waals surface area contributed by atoms with Crippen molar-refractivity contribution >= 4 is 44.9 Å². The van der Waals surface area contributed by atoms with Crippen LogP contribution in [0.5, 0.6) is 0 Å². The highest BCUT2D eigenvalue weighted by Crippen LogP contribution is 2.26. The third-order valence-electron chi connectivity index (χ3n) is 2.65. The third kappa shape index (κ3) is 3.71. The van der Waals surface area contributed by atoms with Gasteiger partial charge >= 0.3 is 0 Å². The SMILES string of the molecule is CCNc1ncc(C(=O)Nc2c(F)cccc2Br)cc1Cl. The zero-order valence-corrected chi connectivity index (χ0v) is 13.4. The zero-order chi connectivity index (χ0) is 15.4. The fourth-order valence-corrected chi connectivity index (χ4v) is 2.34. The fourth-order valence-electron chi connectivity index (χ4n) is 1.66. The third-order valence-corrected chi connectivity index (χ3v) is 3.60. The molecular weight excluding hydrogens is 361 g/mol. The molecule has 0 aliphatic heterocycles. The van der Waals surface area contributed by atoms with Gasteiger partial charge in [-0.25, -0.2) is 9.37 Å². The Labute approximate surface area is 134 Å². The first kappa shape index (κ1) is 15.7. The molecule has 1 aromatic carbocycles. The maximum Gasteiger partial charge on any atom is 0.257 e. The smallest absolute Gasteiger partial charge is 0.257 e. The Bertz CT molecular complexity index is 661. The van der Waals surface area contributed by atoms with Gasteiger partial charge in [0, 0.05) is 17.2 Å². The topological polar surface area (TPSA) is 54.0 Å². The Balaban J connectivity index is 2.23. The number of pyridine rings is 1. The number of nitrogens with zero attached hydrogens (tertiary/aromatic N) is 1. The molecule has 0 radical (unpaired) electrons. The second kappa shape index (κ2) is 6.87. The number of aromatic nitrogens is 1. The molecule has 0 unspecified atom stereocenters. The summed E-state index contributed by atoms with van der Waals surface area (Å²) >= 11 is 9.22. The molecule has 0 fully saturated rings. The Morgan fingerprint density at radius 3 is 2.86 bits per heavy atom. The van der Waals surface area contributed by atoms with Crippen LogP contribution in [-0.4, -0.2) is 17.4 Å². The molecule has 2 rings (SSSR count). The van der Waals surface area contributed by atoms with E-state index in [4.69, 9.17) is 11.6 Å². The lowest BCUT2D eigenvalue weighted by Crippen LogP contribution is -2.14. The molecule has 2 N–H and O–H groups in total. The van der Waals surface area contributed by atoms with Crippen LogP contribution in [-0.2, 0) is 0 Å². The van der Waals surface area contributed by atoms with E-state index >= 15 is 0 Å². The molecule has 2 aromatic rings. The van der Waals surface area contributed by atoms with Crippen LogP contribution in [0.4, 0.5) is 15.9 Å². The number of amides is 1. The number of para-hydroxylation sites is 1. The van der Waals surface area contributed by atoms with Crippen LogP contribution in [0, 0.1) is 5.82 Å². The van der Waals surface area contributed by atoms with Crippen molar-refractivity contribution in [2.24, 2.45) is 0 Å². The molecule has 110 valence electrons. The maximum atomic E-state index is 13.7. The largest absolute Gasteiger partial charge is 0.369 e. The molecule has 1 aromatic heterocycles. The molecule has 0 aliphatic carbocycles. The van der Waals surface area contributed by atoms with Gasteiger partial charge in [0.2, 0.25) is 0 Å². The summed E-state index contributed by atoms with van der Waals surface area (Å²) in [6, 6.07) is 5.92. The van der Waals surface area contributed by atoms with Crippen LogP contribution in [0.3, 0.4) is 0 Å². The van der Waals surface area contributed by atoms with Gasteiger partial charge < -0.3 is 10.6 Å². The minimum absolute atomic E-state index is 0.0781. The number of carbonyl (C=O) groups excluding carboxylic acids is 1. The molecule has 4 nitrogen and oxygen atoms in total. The first-order valence-electron chi connectivity index (χ1n) is 6.17. The number of hydrogen-bond acceptors (Lipinski definition) is 3. The normalized spacial score (nSPS) is 10.3. The molecule has 1 heterocycles. The second-order valence-corrected chi connectivity index (χ2v) is 5.40. The van der Waals surface area contributed by atoms with E-state index in [0.717, 1.165) is 0 Å². The summed E-state index contributed by atoms with van der Waals surface area (Å²) in [6.07, 6.45) is 1.38. The van der Waals surface area contributed by atoms with E-state index in [1.54, 1.807) is 12.1 Å². The molecule has 0 aliphatic rings. The lowest BCUT2D eigenvalue weighted by atomic mass is 10.2. The van der Waals surface area contributed by atoms with Crippen LogP contribution >= 0.6 is 27.5 Å². The van der Waals surface area contributed by atoms with Gasteiger partial charge in [-0.1, -0.05) is 17.7 Å². The first-order valence-corrected chi connectivity index (χ1v) is 7.34. The highest BCUT2D eigenvalue weighted by atomic mass is 79.9. The van der Waals surface area contributed by atoms with Crippen molar-refractivity contribution in [2.75, 3.05) is 17.2 Å². The van der Waals surface area contributed by atoms with Crippen molar-refractivity contribution in [1.82, 2.24) is 4.98 Å². The summed E-state index contributed by atoms with van der Waals surface area (Å²) in [7, 11) is 0. The zero-order valence-electron chi connectivity index (χ0n) is 11.1. The number of halogens is 3. The van der Waals surface area contributed by atoms with Gasteiger partial charge in [0.05, 0.1) is 16.3 Å². The Morgan fingerprint density at radius 2 is 2.24 bits per heavy atom. The molecule has 0 saturated heterocycles. The number of benzene rings is 1. The summed E-state index contributed by atoms with van der Waals surface area (Å²) in [5.41, 5.74) is 0.325. The highest BCUT2D eigenvalue weighted by Gasteiger charge is 2.14. The van der Waals surface area contributed by atoms with Gasteiger partial charge in [0.1, 0.15) is 11.6 Å². The number of nitrogens with one attached hydrogen (secondary N) is 2. The van der Waals surface area contributed by atoms with Crippen molar-refractivity contribution in [2.45, 2.75) is 6.92 Å². The Morgan fingerprint density at radius 1 is 1.48 bits per heavy atom. The van der Waals surface area contributed by atoms with E-state index < -0.39 is 11.7 Å². The van der Waals surface area contributed by atoms with Crippen molar-refractivity contribution in [1.29, 1.82) is 0 Å². The average molecular weight is 373 g/mol. The van der Waals surface area contributed by atoms with Gasteiger partial charge in [-0.15, -0.1) is 0 Å². The predicted octanol–water partition coefficient (Wildman–Crippen LogP) is 4.32. The van der Waals surface area contributed by atoms with Crippen LogP contribution in [0.1, 0.15) is 17.3 Å². The molecule has 0 atom stereocenters. The standard InChI is InChI=1S/C14H12BrClFN3O/c1-2-18-13-10(16)6-8(7-19-13)14(21)20-12-9(15)4-3-5-11(12)17/h3-7H,2H2,1H3,(H,18,19)(H,20,21). The van der Waals surface area contributed by atoms with Crippen molar-refractivity contribution in [3.05, 3.63) is 51.3 Å². The quantitative estimate of drug-likeness (QED) is 0.840. The lowest BCUT2D eigenvalue weighted by Gasteiger charge is -2.10. The van der Waals surface area contributed by atoms with Gasteiger partial charge in [-0.05, 0) is 41.1 Å². The molecular formula is C14H12BrClFN3O. The summed E-state index contributed by atoms with van der Waals surface area (Å²) in [5, 5.41) is 5.79. The molecule has 21 heavy (non-hydrogen) atoms. The predicted molar refractivity (Wildman–Crippen MR) is 85.5 cm³/mol.